The fourth-order valence-electron chi connectivity index (χ4n) is 7.30. The van der Waals surface area contributed by atoms with Crippen LogP contribution in [0.3, 0.4) is 0 Å². The minimum atomic E-state index is -0.941. The molecule has 0 unspecified atom stereocenters. The number of rotatable bonds is 7. The zero-order valence-electron chi connectivity index (χ0n) is 25.5. The van der Waals surface area contributed by atoms with Gasteiger partial charge in [0, 0.05) is 5.92 Å². The van der Waals surface area contributed by atoms with Crippen LogP contribution in [0.4, 0.5) is 0 Å². The molecule has 1 aliphatic rings. The lowest BCUT2D eigenvalue weighted by molar-refractivity contribution is 0.787. The van der Waals surface area contributed by atoms with E-state index in [4.69, 9.17) is 0 Å². The Morgan fingerprint density at radius 3 is 1.33 bits per heavy atom. The number of benzene rings is 7. The molecule has 220 valence electrons. The van der Waals surface area contributed by atoms with Crippen LogP contribution in [0.1, 0.15) is 22.6 Å². The summed E-state index contributed by atoms with van der Waals surface area (Å²) in [5.41, 5.74) is 4.11. The SMILES string of the molecule is C1=CC(P(c2ccccc2)c2ccccc2)(P(c2ccccc2)c2ccccc2)[C@@H](c2cccc3ccccc23)c2ccccc21. The maximum atomic E-state index is 2.65. The molecule has 0 spiro atoms. The smallest absolute Gasteiger partial charge is 0.0557 e. The molecule has 0 aliphatic heterocycles. The standard InChI is InChI=1S/C44H34P2/c1-5-21-36(22-6-1)45(37-23-7-2-8-24-37)44(46(38-25-9-3-10-26-38)39-27-11-4-12-28-39)33-32-35-19-14-16-30-41(35)43(44)42-31-17-20-34-18-13-15-29-40(34)42/h1-33,43H/t43-/m1/s1. The summed E-state index contributed by atoms with van der Waals surface area (Å²) in [5, 5.41) is 8.22. The normalized spacial score (nSPS) is 15.2. The van der Waals surface area contributed by atoms with E-state index in [9.17, 15) is 0 Å². The molecule has 1 atom stereocenters. The molecule has 7 aromatic carbocycles. The van der Waals surface area contributed by atoms with Gasteiger partial charge in [0.15, 0.2) is 0 Å². The molecule has 46 heavy (non-hydrogen) atoms. The summed E-state index contributed by atoms with van der Waals surface area (Å²) in [7, 11) is -1.88. The highest BCUT2D eigenvalue weighted by Gasteiger charge is 2.54. The summed E-state index contributed by atoms with van der Waals surface area (Å²) in [6.07, 6.45) is 5.10. The summed E-state index contributed by atoms with van der Waals surface area (Å²) < 4.78 is 0. The zero-order chi connectivity index (χ0) is 30.8. The Morgan fingerprint density at radius 2 is 0.783 bits per heavy atom. The Morgan fingerprint density at radius 1 is 0.370 bits per heavy atom. The summed E-state index contributed by atoms with van der Waals surface area (Å²) in [4.78, 5) is -0.311. The van der Waals surface area contributed by atoms with Gasteiger partial charge in [0.25, 0.3) is 0 Å². The zero-order valence-corrected chi connectivity index (χ0v) is 27.3. The summed E-state index contributed by atoms with van der Waals surface area (Å²) in [6, 6.07) is 70.4. The molecule has 0 N–H and O–H groups in total. The quantitative estimate of drug-likeness (QED) is 0.155. The lowest BCUT2D eigenvalue weighted by atomic mass is 9.79. The van der Waals surface area contributed by atoms with Crippen LogP contribution in [0, 0.1) is 0 Å². The van der Waals surface area contributed by atoms with Crippen molar-refractivity contribution in [2.45, 2.75) is 10.8 Å². The van der Waals surface area contributed by atoms with E-state index in [0.29, 0.717) is 0 Å². The van der Waals surface area contributed by atoms with Crippen LogP contribution >= 0.6 is 15.8 Å². The van der Waals surface area contributed by atoms with Crippen LogP contribution in [0.15, 0.2) is 194 Å². The van der Waals surface area contributed by atoms with Crippen molar-refractivity contribution in [2.75, 3.05) is 0 Å². The average Bonchev–Trinajstić information content (AvgIpc) is 3.13. The van der Waals surface area contributed by atoms with E-state index in [1.165, 1.54) is 48.7 Å². The molecule has 7 aromatic rings. The van der Waals surface area contributed by atoms with Crippen molar-refractivity contribution in [2.24, 2.45) is 0 Å². The van der Waals surface area contributed by atoms with Crippen molar-refractivity contribution >= 4 is 53.9 Å². The molecule has 2 heteroatoms. The minimum absolute atomic E-state index is 0.0952. The van der Waals surface area contributed by atoms with Crippen molar-refractivity contribution in [3.05, 3.63) is 211 Å². The van der Waals surface area contributed by atoms with Crippen molar-refractivity contribution in [1.82, 2.24) is 0 Å². The molecule has 0 nitrogen and oxygen atoms in total. The number of allylic oxidation sites excluding steroid dienone is 1. The van der Waals surface area contributed by atoms with Crippen molar-refractivity contribution < 1.29 is 0 Å². The van der Waals surface area contributed by atoms with E-state index in [1.54, 1.807) is 0 Å². The Bertz CT molecular complexity index is 1940. The van der Waals surface area contributed by atoms with Gasteiger partial charge in [0.2, 0.25) is 0 Å². The topological polar surface area (TPSA) is 0 Å². The third-order valence-corrected chi connectivity index (χ3v) is 15.9. The van der Waals surface area contributed by atoms with E-state index in [0.717, 1.165) is 0 Å². The summed E-state index contributed by atoms with van der Waals surface area (Å²) in [6.45, 7) is 0. The van der Waals surface area contributed by atoms with E-state index >= 15 is 0 Å². The van der Waals surface area contributed by atoms with Crippen molar-refractivity contribution in [3.63, 3.8) is 0 Å². The first-order valence-corrected chi connectivity index (χ1v) is 18.6. The predicted molar refractivity (Wildman–Crippen MR) is 202 cm³/mol. The van der Waals surface area contributed by atoms with Crippen LogP contribution < -0.4 is 21.2 Å². The molecule has 0 heterocycles. The fraction of sp³-hybridized carbons (Fsp3) is 0.0455. The summed E-state index contributed by atoms with van der Waals surface area (Å²) >= 11 is 0. The third kappa shape index (κ3) is 5.04. The van der Waals surface area contributed by atoms with Gasteiger partial charge in [-0.05, 0) is 64.5 Å². The van der Waals surface area contributed by atoms with Gasteiger partial charge >= 0.3 is 0 Å². The predicted octanol–water partition coefficient (Wildman–Crippen LogP) is 9.96. The van der Waals surface area contributed by atoms with Crippen LogP contribution in [0.25, 0.3) is 16.8 Å². The van der Waals surface area contributed by atoms with Gasteiger partial charge in [-0.25, -0.2) is 0 Å². The fourth-order valence-corrected chi connectivity index (χ4v) is 15.1. The Hall–Kier alpha value is -4.60. The first-order chi connectivity index (χ1) is 22.8. The molecule has 8 rings (SSSR count). The van der Waals surface area contributed by atoms with Gasteiger partial charge in [0.1, 0.15) is 0 Å². The second-order valence-electron chi connectivity index (χ2n) is 11.8. The maximum absolute atomic E-state index is 2.65. The van der Waals surface area contributed by atoms with Crippen LogP contribution in [0.5, 0.6) is 0 Å². The van der Waals surface area contributed by atoms with Crippen molar-refractivity contribution in [1.29, 1.82) is 0 Å². The van der Waals surface area contributed by atoms with E-state index in [-0.39, 0.29) is 10.8 Å². The highest BCUT2D eigenvalue weighted by molar-refractivity contribution is 7.91. The highest BCUT2D eigenvalue weighted by atomic mass is 31.2. The maximum Gasteiger partial charge on any atom is 0.0557 e. The molecule has 0 aromatic heterocycles. The Kier molecular flexibility index (Phi) is 7.93. The number of fused-ring (bicyclic) bond motifs is 2. The molecule has 0 amide bonds. The van der Waals surface area contributed by atoms with Gasteiger partial charge in [-0.15, -0.1) is 0 Å². The second kappa shape index (κ2) is 12.7. The molecule has 0 bridgehead atoms. The first-order valence-electron chi connectivity index (χ1n) is 15.9. The van der Waals surface area contributed by atoms with E-state index in [1.807, 2.05) is 0 Å². The molecule has 0 saturated carbocycles. The number of hydrogen-bond acceptors (Lipinski definition) is 0. The van der Waals surface area contributed by atoms with Gasteiger partial charge in [0.05, 0.1) is 4.90 Å². The van der Waals surface area contributed by atoms with Crippen LogP contribution in [-0.2, 0) is 0 Å². The number of hydrogen-bond donors (Lipinski definition) is 0. The Labute approximate surface area is 274 Å². The Balaban J connectivity index is 1.57. The lowest BCUT2D eigenvalue weighted by Crippen LogP contribution is -2.44. The largest absolute Gasteiger partial charge is 0.0670 e. The monoisotopic (exact) mass is 624 g/mol. The van der Waals surface area contributed by atoms with E-state index in [2.05, 4.69) is 200 Å². The lowest BCUT2D eigenvalue weighted by Gasteiger charge is -2.53. The van der Waals surface area contributed by atoms with Crippen LogP contribution in [0.2, 0.25) is 0 Å². The average molecular weight is 625 g/mol. The van der Waals surface area contributed by atoms with Gasteiger partial charge in [-0.2, -0.15) is 0 Å². The molecule has 0 saturated heterocycles. The first kappa shape index (κ1) is 28.8. The highest BCUT2D eigenvalue weighted by Crippen LogP contribution is 2.73. The molecule has 1 aliphatic carbocycles. The van der Waals surface area contributed by atoms with Crippen LogP contribution in [-0.4, -0.2) is 4.90 Å². The molecular weight excluding hydrogens is 590 g/mol. The van der Waals surface area contributed by atoms with E-state index < -0.39 is 15.8 Å². The molecular formula is C44H34P2. The molecule has 0 radical (unpaired) electrons. The third-order valence-electron chi connectivity index (χ3n) is 9.15. The summed E-state index contributed by atoms with van der Waals surface area (Å²) in [5.74, 6) is 0.0952. The second-order valence-corrected chi connectivity index (χ2v) is 17.0. The minimum Gasteiger partial charge on any atom is -0.0670 e. The van der Waals surface area contributed by atoms with Crippen molar-refractivity contribution in [3.8, 4) is 0 Å². The van der Waals surface area contributed by atoms with Gasteiger partial charge in [-0.3, -0.25) is 0 Å². The van der Waals surface area contributed by atoms with Gasteiger partial charge < -0.3 is 0 Å². The molecule has 0 fully saturated rings. The van der Waals surface area contributed by atoms with Gasteiger partial charge in [-0.1, -0.05) is 200 Å².